The summed E-state index contributed by atoms with van der Waals surface area (Å²) in [6, 6.07) is 6.42. The third-order valence-electron chi connectivity index (χ3n) is 3.59. The summed E-state index contributed by atoms with van der Waals surface area (Å²) in [6.07, 6.45) is -4.37. The Bertz CT molecular complexity index is 534. The Morgan fingerprint density at radius 1 is 1.10 bits per heavy atom. The minimum Gasteiger partial charge on any atom is -0.335 e. The molecular formula is C14H13BF3NO2. The van der Waals surface area contributed by atoms with E-state index in [1.807, 2.05) is 0 Å². The normalized spacial score (nSPS) is 16.8. The third-order valence-corrected chi connectivity index (χ3v) is 3.59. The van der Waals surface area contributed by atoms with Crippen LogP contribution in [0.4, 0.5) is 13.2 Å². The summed E-state index contributed by atoms with van der Waals surface area (Å²) in [5.74, 6) is -2.30. The van der Waals surface area contributed by atoms with Crippen molar-refractivity contribution in [2.75, 3.05) is 13.1 Å². The molecule has 1 amide bonds. The molecule has 0 aliphatic carbocycles. The number of carbonyl (C=O) groups excluding carboxylic acids is 2. The number of likely N-dealkylation sites (tertiary alicyclic amines) is 1. The highest BCUT2D eigenvalue weighted by Crippen LogP contribution is 2.25. The van der Waals surface area contributed by atoms with Crippen LogP contribution in [0, 0.1) is 5.92 Å². The number of amides is 1. The van der Waals surface area contributed by atoms with Gasteiger partial charge in [0.25, 0.3) is 0 Å². The lowest BCUT2D eigenvalue weighted by molar-refractivity contribution is -0.186. The fourth-order valence-corrected chi connectivity index (χ4v) is 2.41. The van der Waals surface area contributed by atoms with Crippen molar-refractivity contribution in [1.82, 2.24) is 4.90 Å². The Labute approximate surface area is 121 Å². The second kappa shape index (κ2) is 5.91. The number of hydrogen-bond donors (Lipinski definition) is 0. The zero-order chi connectivity index (χ0) is 15.6. The van der Waals surface area contributed by atoms with E-state index in [1.165, 1.54) is 0 Å². The standard InChI is InChI=1S/C14H13BF3NO2/c15-11-3-1-9(2-4-11)12(20)10-5-7-19(8-6-10)13(21)14(16,17)18/h1-4,10H,5-8H2. The highest BCUT2D eigenvalue weighted by molar-refractivity contribution is 6.32. The molecule has 0 N–H and O–H groups in total. The number of carbonyl (C=O) groups is 2. The first kappa shape index (κ1) is 15.6. The van der Waals surface area contributed by atoms with Crippen molar-refractivity contribution in [2.24, 2.45) is 5.92 Å². The zero-order valence-corrected chi connectivity index (χ0v) is 11.2. The average Bonchev–Trinajstić information content (AvgIpc) is 2.46. The molecule has 0 saturated carbocycles. The van der Waals surface area contributed by atoms with Crippen LogP contribution in [0.3, 0.4) is 0 Å². The fraction of sp³-hybridized carbons (Fsp3) is 0.429. The number of hydrogen-bond acceptors (Lipinski definition) is 2. The van der Waals surface area contributed by atoms with Crippen LogP contribution in [0.1, 0.15) is 23.2 Å². The molecule has 1 aromatic carbocycles. The quantitative estimate of drug-likeness (QED) is 0.612. The summed E-state index contributed by atoms with van der Waals surface area (Å²) in [6.45, 7) is -0.104. The molecule has 110 valence electrons. The van der Waals surface area contributed by atoms with Crippen molar-refractivity contribution >= 4 is 25.0 Å². The van der Waals surface area contributed by atoms with Gasteiger partial charge in [0.05, 0.1) is 0 Å². The molecule has 1 saturated heterocycles. The van der Waals surface area contributed by atoms with Crippen LogP contribution in [-0.4, -0.2) is 43.7 Å². The largest absolute Gasteiger partial charge is 0.471 e. The topological polar surface area (TPSA) is 37.4 Å². The van der Waals surface area contributed by atoms with Crippen molar-refractivity contribution in [1.29, 1.82) is 0 Å². The first-order valence-electron chi connectivity index (χ1n) is 6.55. The number of Topliss-reactive ketones (excluding diaryl/α,β-unsaturated/α-hetero) is 1. The van der Waals surface area contributed by atoms with Crippen LogP contribution < -0.4 is 5.46 Å². The predicted molar refractivity (Wildman–Crippen MR) is 71.5 cm³/mol. The summed E-state index contributed by atoms with van der Waals surface area (Å²) in [7, 11) is 5.54. The number of halogens is 3. The predicted octanol–water partition coefficient (Wildman–Crippen LogP) is 1.46. The molecule has 21 heavy (non-hydrogen) atoms. The van der Waals surface area contributed by atoms with Crippen LogP contribution in [-0.2, 0) is 4.79 Å². The van der Waals surface area contributed by atoms with Gasteiger partial charge in [0.15, 0.2) is 5.78 Å². The number of alkyl halides is 3. The minimum atomic E-state index is -4.85. The number of ketones is 1. The molecule has 2 radical (unpaired) electrons. The Morgan fingerprint density at radius 3 is 2.10 bits per heavy atom. The van der Waals surface area contributed by atoms with E-state index in [9.17, 15) is 22.8 Å². The molecule has 7 heteroatoms. The maximum Gasteiger partial charge on any atom is 0.471 e. The number of piperidine rings is 1. The molecule has 0 spiro atoms. The maximum absolute atomic E-state index is 12.3. The number of benzene rings is 1. The van der Waals surface area contributed by atoms with E-state index in [0.717, 1.165) is 4.90 Å². The molecule has 1 fully saturated rings. The van der Waals surface area contributed by atoms with Gasteiger partial charge < -0.3 is 4.90 Å². The maximum atomic E-state index is 12.3. The SMILES string of the molecule is [B]c1ccc(C(=O)C2CCN(C(=O)C(F)(F)F)CC2)cc1. The van der Waals surface area contributed by atoms with Crippen LogP contribution in [0.15, 0.2) is 24.3 Å². The lowest BCUT2D eigenvalue weighted by Gasteiger charge is -2.31. The summed E-state index contributed by atoms with van der Waals surface area (Å²) in [5.41, 5.74) is 1.03. The van der Waals surface area contributed by atoms with Gasteiger partial charge in [-0.3, -0.25) is 9.59 Å². The molecule has 0 aromatic heterocycles. The van der Waals surface area contributed by atoms with Gasteiger partial charge in [-0.1, -0.05) is 29.7 Å². The molecule has 2 rings (SSSR count). The Balaban J connectivity index is 1.96. The Kier molecular flexibility index (Phi) is 4.39. The van der Waals surface area contributed by atoms with E-state index in [0.29, 0.717) is 11.0 Å². The number of nitrogens with zero attached hydrogens (tertiary/aromatic N) is 1. The summed E-state index contributed by atoms with van der Waals surface area (Å²) < 4.78 is 37.0. The molecule has 1 aliphatic rings. The van der Waals surface area contributed by atoms with E-state index < -0.39 is 12.1 Å². The van der Waals surface area contributed by atoms with Crippen LogP contribution >= 0.6 is 0 Å². The van der Waals surface area contributed by atoms with Gasteiger partial charge in [-0.2, -0.15) is 13.2 Å². The zero-order valence-electron chi connectivity index (χ0n) is 11.2. The van der Waals surface area contributed by atoms with Crippen molar-refractivity contribution in [3.8, 4) is 0 Å². The van der Waals surface area contributed by atoms with E-state index in [1.54, 1.807) is 24.3 Å². The van der Waals surface area contributed by atoms with Gasteiger partial charge in [-0.25, -0.2) is 0 Å². The molecular weight excluding hydrogens is 282 g/mol. The Morgan fingerprint density at radius 2 is 1.62 bits per heavy atom. The van der Waals surface area contributed by atoms with Crippen LogP contribution in [0.25, 0.3) is 0 Å². The van der Waals surface area contributed by atoms with E-state index in [4.69, 9.17) is 7.85 Å². The van der Waals surface area contributed by atoms with Crippen molar-refractivity contribution in [3.63, 3.8) is 0 Å². The molecule has 1 aliphatic heterocycles. The first-order chi connectivity index (χ1) is 9.79. The molecule has 0 atom stereocenters. The van der Waals surface area contributed by atoms with Gasteiger partial charge in [0, 0.05) is 24.6 Å². The third kappa shape index (κ3) is 3.65. The van der Waals surface area contributed by atoms with Gasteiger partial charge in [-0.15, -0.1) is 0 Å². The Hall–Kier alpha value is -1.79. The van der Waals surface area contributed by atoms with Crippen LogP contribution in [0.2, 0.25) is 0 Å². The minimum absolute atomic E-state index is 0.0519. The van der Waals surface area contributed by atoms with Crippen molar-refractivity contribution in [2.45, 2.75) is 19.0 Å². The second-order valence-electron chi connectivity index (χ2n) is 5.05. The summed E-state index contributed by atoms with van der Waals surface area (Å²) >= 11 is 0. The average molecular weight is 295 g/mol. The van der Waals surface area contributed by atoms with Crippen molar-refractivity contribution in [3.05, 3.63) is 29.8 Å². The van der Waals surface area contributed by atoms with Crippen LogP contribution in [0.5, 0.6) is 0 Å². The number of rotatable bonds is 2. The highest BCUT2D eigenvalue weighted by atomic mass is 19.4. The monoisotopic (exact) mass is 295 g/mol. The smallest absolute Gasteiger partial charge is 0.335 e. The summed E-state index contributed by atoms with van der Waals surface area (Å²) in [5, 5.41) is 0. The van der Waals surface area contributed by atoms with E-state index in [-0.39, 0.29) is 37.6 Å². The molecule has 1 aromatic rings. The fourth-order valence-electron chi connectivity index (χ4n) is 2.41. The molecule has 3 nitrogen and oxygen atoms in total. The van der Waals surface area contributed by atoms with E-state index in [2.05, 4.69) is 0 Å². The second-order valence-corrected chi connectivity index (χ2v) is 5.05. The first-order valence-corrected chi connectivity index (χ1v) is 6.55. The highest BCUT2D eigenvalue weighted by Gasteiger charge is 2.43. The summed E-state index contributed by atoms with van der Waals surface area (Å²) in [4.78, 5) is 24.1. The van der Waals surface area contributed by atoms with Gasteiger partial charge in [-0.05, 0) is 12.8 Å². The molecule has 0 unspecified atom stereocenters. The van der Waals surface area contributed by atoms with Gasteiger partial charge >= 0.3 is 12.1 Å². The van der Waals surface area contributed by atoms with Gasteiger partial charge in [0.2, 0.25) is 0 Å². The molecule has 1 heterocycles. The van der Waals surface area contributed by atoms with Gasteiger partial charge in [0.1, 0.15) is 7.85 Å². The van der Waals surface area contributed by atoms with Crippen molar-refractivity contribution < 1.29 is 22.8 Å². The lowest BCUT2D eigenvalue weighted by Crippen LogP contribution is -2.46. The van der Waals surface area contributed by atoms with E-state index >= 15 is 0 Å². The lowest BCUT2D eigenvalue weighted by atomic mass is 9.87. The molecule has 0 bridgehead atoms.